The predicted molar refractivity (Wildman–Crippen MR) is 76.3 cm³/mol. The van der Waals surface area contributed by atoms with Gasteiger partial charge >= 0.3 is 12.5 Å². The summed E-state index contributed by atoms with van der Waals surface area (Å²) in [5.74, 6) is -0.502. The SMILES string of the molecule is NCCc1cccc(-c2ccc(OC(F)(F)F)cc2)c1C(F)(F)F. The summed E-state index contributed by atoms with van der Waals surface area (Å²) in [6.07, 6.45) is -9.43. The molecule has 0 bridgehead atoms. The van der Waals surface area contributed by atoms with Crippen molar-refractivity contribution in [1.29, 1.82) is 0 Å². The Bertz CT molecular complexity index is 691. The summed E-state index contributed by atoms with van der Waals surface area (Å²) in [5.41, 5.74) is 4.57. The van der Waals surface area contributed by atoms with Crippen molar-refractivity contribution in [2.24, 2.45) is 5.73 Å². The molecule has 0 atom stereocenters. The summed E-state index contributed by atoms with van der Waals surface area (Å²) in [6, 6.07) is 8.30. The first-order valence-corrected chi connectivity index (χ1v) is 6.87. The van der Waals surface area contributed by atoms with Crippen molar-refractivity contribution >= 4 is 0 Å². The van der Waals surface area contributed by atoms with E-state index in [0.29, 0.717) is 0 Å². The molecule has 0 aromatic heterocycles. The molecule has 2 rings (SSSR count). The second-order valence-electron chi connectivity index (χ2n) is 4.95. The van der Waals surface area contributed by atoms with E-state index < -0.39 is 23.9 Å². The maximum absolute atomic E-state index is 13.4. The predicted octanol–water partition coefficient (Wildman–Crippen LogP) is 4.77. The lowest BCUT2D eigenvalue weighted by atomic mass is 9.93. The van der Waals surface area contributed by atoms with Crippen molar-refractivity contribution in [1.82, 2.24) is 0 Å². The highest BCUT2D eigenvalue weighted by Crippen LogP contribution is 2.40. The van der Waals surface area contributed by atoms with E-state index in [-0.39, 0.29) is 29.7 Å². The van der Waals surface area contributed by atoms with Gasteiger partial charge in [-0.05, 0) is 41.8 Å². The zero-order valence-corrected chi connectivity index (χ0v) is 12.2. The minimum atomic E-state index is -4.86. The first-order valence-electron chi connectivity index (χ1n) is 6.87. The molecule has 0 fully saturated rings. The third-order valence-corrected chi connectivity index (χ3v) is 3.25. The van der Waals surface area contributed by atoms with E-state index in [9.17, 15) is 26.3 Å². The largest absolute Gasteiger partial charge is 0.573 e. The lowest BCUT2D eigenvalue weighted by molar-refractivity contribution is -0.274. The Kier molecular flexibility index (Phi) is 5.08. The molecule has 0 aliphatic rings. The molecule has 8 heteroatoms. The third-order valence-electron chi connectivity index (χ3n) is 3.25. The molecular weight excluding hydrogens is 336 g/mol. The van der Waals surface area contributed by atoms with Crippen LogP contribution in [0.2, 0.25) is 0 Å². The standard InChI is InChI=1S/C16H13F6NO/c17-15(18,19)14-11(8-9-23)2-1-3-13(14)10-4-6-12(7-5-10)24-16(20,21)22/h1-7H,8-9,23H2. The molecule has 0 aliphatic carbocycles. The molecule has 0 aliphatic heterocycles. The Morgan fingerprint density at radius 1 is 0.875 bits per heavy atom. The summed E-state index contributed by atoms with van der Waals surface area (Å²) in [7, 11) is 0. The summed E-state index contributed by atoms with van der Waals surface area (Å²) >= 11 is 0. The van der Waals surface area contributed by atoms with Gasteiger partial charge in [0, 0.05) is 0 Å². The molecule has 2 aromatic carbocycles. The van der Waals surface area contributed by atoms with Crippen LogP contribution in [-0.4, -0.2) is 12.9 Å². The normalized spacial score (nSPS) is 12.3. The van der Waals surface area contributed by atoms with Crippen molar-refractivity contribution in [3.05, 3.63) is 53.6 Å². The molecule has 130 valence electrons. The van der Waals surface area contributed by atoms with Crippen molar-refractivity contribution in [3.8, 4) is 16.9 Å². The Labute approximate surface area is 133 Å². The zero-order valence-electron chi connectivity index (χ0n) is 12.2. The zero-order chi connectivity index (χ0) is 18.0. The topological polar surface area (TPSA) is 35.2 Å². The molecule has 24 heavy (non-hydrogen) atoms. The van der Waals surface area contributed by atoms with E-state index in [1.807, 2.05) is 0 Å². The highest BCUT2D eigenvalue weighted by molar-refractivity contribution is 5.70. The average molecular weight is 349 g/mol. The van der Waals surface area contributed by atoms with Gasteiger partial charge in [-0.25, -0.2) is 0 Å². The summed E-state index contributed by atoms with van der Waals surface area (Å²) in [6.45, 7) is 0.0465. The van der Waals surface area contributed by atoms with Gasteiger partial charge in [0.25, 0.3) is 0 Å². The molecule has 0 unspecified atom stereocenters. The van der Waals surface area contributed by atoms with Gasteiger partial charge in [0.15, 0.2) is 0 Å². The Balaban J connectivity index is 2.47. The van der Waals surface area contributed by atoms with Gasteiger partial charge in [-0.3, -0.25) is 0 Å². The van der Waals surface area contributed by atoms with Crippen molar-refractivity contribution in [3.63, 3.8) is 0 Å². The van der Waals surface area contributed by atoms with Crippen LogP contribution in [0.1, 0.15) is 11.1 Å². The second-order valence-corrected chi connectivity index (χ2v) is 4.95. The second kappa shape index (κ2) is 6.72. The molecule has 2 N–H and O–H groups in total. The molecule has 0 saturated heterocycles. The number of nitrogens with two attached hydrogens (primary N) is 1. The lowest BCUT2D eigenvalue weighted by Crippen LogP contribution is -2.17. The van der Waals surface area contributed by atoms with Gasteiger partial charge in [0.1, 0.15) is 5.75 Å². The van der Waals surface area contributed by atoms with Crippen LogP contribution in [0.4, 0.5) is 26.3 Å². The van der Waals surface area contributed by atoms with Crippen LogP contribution in [0.3, 0.4) is 0 Å². The highest BCUT2D eigenvalue weighted by Gasteiger charge is 2.36. The van der Waals surface area contributed by atoms with E-state index in [2.05, 4.69) is 4.74 Å². The van der Waals surface area contributed by atoms with E-state index in [1.54, 1.807) is 0 Å². The molecule has 0 amide bonds. The maximum Gasteiger partial charge on any atom is 0.573 e. The van der Waals surface area contributed by atoms with Crippen LogP contribution in [0.5, 0.6) is 5.75 Å². The van der Waals surface area contributed by atoms with Gasteiger partial charge in [-0.15, -0.1) is 13.2 Å². The van der Waals surface area contributed by atoms with Crippen molar-refractivity contribution in [2.75, 3.05) is 6.54 Å². The summed E-state index contributed by atoms with van der Waals surface area (Å²) in [4.78, 5) is 0. The highest BCUT2D eigenvalue weighted by atomic mass is 19.4. The number of ether oxygens (including phenoxy) is 1. The maximum atomic E-state index is 13.4. The first-order chi connectivity index (χ1) is 11.1. The van der Waals surface area contributed by atoms with Crippen LogP contribution in [0.25, 0.3) is 11.1 Å². The summed E-state index contributed by atoms with van der Waals surface area (Å²) in [5, 5.41) is 0. The van der Waals surface area contributed by atoms with Crippen LogP contribution in [0, 0.1) is 0 Å². The fraction of sp³-hybridized carbons (Fsp3) is 0.250. The van der Waals surface area contributed by atoms with E-state index >= 15 is 0 Å². The number of rotatable bonds is 4. The van der Waals surface area contributed by atoms with Crippen molar-refractivity contribution in [2.45, 2.75) is 19.0 Å². The van der Waals surface area contributed by atoms with Crippen LogP contribution in [-0.2, 0) is 12.6 Å². The molecule has 2 nitrogen and oxygen atoms in total. The third kappa shape index (κ3) is 4.41. The molecule has 0 saturated carbocycles. The number of hydrogen-bond acceptors (Lipinski definition) is 2. The van der Waals surface area contributed by atoms with E-state index in [4.69, 9.17) is 5.73 Å². The Hall–Kier alpha value is -2.22. The average Bonchev–Trinajstić information content (AvgIpc) is 2.45. The molecule has 0 radical (unpaired) electrons. The molecule has 0 heterocycles. The lowest BCUT2D eigenvalue weighted by Gasteiger charge is -2.18. The van der Waals surface area contributed by atoms with Crippen LogP contribution >= 0.6 is 0 Å². The number of hydrogen-bond donors (Lipinski definition) is 1. The number of benzene rings is 2. The molecule has 2 aromatic rings. The quantitative estimate of drug-likeness (QED) is 0.807. The van der Waals surface area contributed by atoms with Gasteiger partial charge in [-0.2, -0.15) is 13.2 Å². The van der Waals surface area contributed by atoms with E-state index in [1.165, 1.54) is 18.2 Å². The fourth-order valence-corrected chi connectivity index (χ4v) is 2.38. The van der Waals surface area contributed by atoms with Crippen LogP contribution in [0.15, 0.2) is 42.5 Å². The number of alkyl halides is 6. The Morgan fingerprint density at radius 3 is 2.00 bits per heavy atom. The van der Waals surface area contributed by atoms with Crippen LogP contribution < -0.4 is 10.5 Å². The van der Waals surface area contributed by atoms with Gasteiger partial charge in [0.2, 0.25) is 0 Å². The first kappa shape index (κ1) is 18.1. The monoisotopic (exact) mass is 349 g/mol. The minimum Gasteiger partial charge on any atom is -0.406 e. The summed E-state index contributed by atoms with van der Waals surface area (Å²) < 4.78 is 80.3. The fourth-order valence-electron chi connectivity index (χ4n) is 2.38. The van der Waals surface area contributed by atoms with Crippen molar-refractivity contribution < 1.29 is 31.1 Å². The van der Waals surface area contributed by atoms with Gasteiger partial charge < -0.3 is 10.5 Å². The molecule has 0 spiro atoms. The molecular formula is C16H13F6NO. The van der Waals surface area contributed by atoms with E-state index in [0.717, 1.165) is 24.3 Å². The van der Waals surface area contributed by atoms with Gasteiger partial charge in [0.05, 0.1) is 5.56 Å². The van der Waals surface area contributed by atoms with Gasteiger partial charge in [-0.1, -0.05) is 30.3 Å². The smallest absolute Gasteiger partial charge is 0.406 e. The minimum absolute atomic E-state index is 0.0396. The number of halogens is 6. The Morgan fingerprint density at radius 2 is 1.50 bits per heavy atom.